The zero-order valence-corrected chi connectivity index (χ0v) is 25.4. The van der Waals surface area contributed by atoms with Crippen LogP contribution in [-0.4, -0.2) is 51.8 Å². The van der Waals surface area contributed by atoms with Crippen molar-refractivity contribution in [2.75, 3.05) is 19.8 Å². The Kier molecular flexibility index (Phi) is 9.52. The predicted octanol–water partition coefficient (Wildman–Crippen LogP) is 5.39. The van der Waals surface area contributed by atoms with Crippen LogP contribution in [0.1, 0.15) is 80.5 Å². The van der Waals surface area contributed by atoms with Gasteiger partial charge in [-0.1, -0.05) is 41.6 Å². The molecule has 9 heteroatoms. The number of nitrogens with one attached hydrogen (secondary N) is 1. The zero-order chi connectivity index (χ0) is 30.5. The minimum absolute atomic E-state index is 0.147. The van der Waals surface area contributed by atoms with Crippen LogP contribution in [0.15, 0.2) is 42.5 Å². The average molecular weight is 585 g/mol. The van der Waals surface area contributed by atoms with Gasteiger partial charge in [0.15, 0.2) is 0 Å². The molecule has 5 rings (SSSR count). The first kappa shape index (κ1) is 30.4. The lowest BCUT2D eigenvalue weighted by Crippen LogP contribution is -2.24. The highest BCUT2D eigenvalue weighted by atomic mass is 16.5. The van der Waals surface area contributed by atoms with Gasteiger partial charge in [0, 0.05) is 25.6 Å². The van der Waals surface area contributed by atoms with Crippen molar-refractivity contribution in [2.45, 2.75) is 72.6 Å². The van der Waals surface area contributed by atoms with E-state index in [-0.39, 0.29) is 18.3 Å². The second-order valence-corrected chi connectivity index (χ2v) is 11.3. The summed E-state index contributed by atoms with van der Waals surface area (Å²) in [6.07, 6.45) is 2.02. The lowest BCUT2D eigenvalue weighted by Gasteiger charge is -2.23. The fourth-order valence-corrected chi connectivity index (χ4v) is 6.22. The summed E-state index contributed by atoms with van der Waals surface area (Å²) in [5, 5.41) is 21.8. The van der Waals surface area contributed by atoms with Crippen LogP contribution in [0, 0.1) is 20.8 Å². The Labute approximate surface area is 252 Å². The molecule has 0 saturated heterocycles. The molecule has 0 radical (unpaired) electrons. The van der Waals surface area contributed by atoms with Gasteiger partial charge in [0.25, 0.3) is 0 Å². The highest BCUT2D eigenvalue weighted by Gasteiger charge is 2.24. The normalized spacial score (nSPS) is 13.6. The molecule has 0 saturated carbocycles. The van der Waals surface area contributed by atoms with Gasteiger partial charge in [0.05, 0.1) is 30.7 Å². The highest BCUT2D eigenvalue weighted by Crippen LogP contribution is 2.35. The number of ether oxygens (including phenoxy) is 2. The summed E-state index contributed by atoms with van der Waals surface area (Å²) in [6.45, 7) is 11.3. The molecule has 226 valence electrons. The number of aryl methyl sites for hydroxylation is 4. The Hall–Kier alpha value is -4.08. The van der Waals surface area contributed by atoms with Crippen molar-refractivity contribution in [1.82, 2.24) is 20.3 Å². The Morgan fingerprint density at radius 2 is 1.86 bits per heavy atom. The standard InChI is InChI=1S/C34H40N4O5/c1-5-43-31(39)18-29(26-8-7-25-11-12-35-19-27(25)17-26)28-9-10-30-33(23(28)4)36-37-38(30)13-6-14-42-20-24-15-21(2)32(34(40)41)22(3)16-24/h7-10,15-17,29,35H,5-6,11-14,18-20H2,1-4H3,(H,40,41). The van der Waals surface area contributed by atoms with Crippen molar-refractivity contribution in [3.05, 3.63) is 92.5 Å². The van der Waals surface area contributed by atoms with Gasteiger partial charge in [-0.3, -0.25) is 4.79 Å². The summed E-state index contributed by atoms with van der Waals surface area (Å²) >= 11 is 0. The zero-order valence-electron chi connectivity index (χ0n) is 25.4. The smallest absolute Gasteiger partial charge is 0.336 e. The monoisotopic (exact) mass is 584 g/mol. The van der Waals surface area contributed by atoms with Gasteiger partial charge in [-0.05, 0) is 97.7 Å². The fraction of sp³-hybridized carbons (Fsp3) is 0.412. The molecule has 0 amide bonds. The Morgan fingerprint density at radius 1 is 1.07 bits per heavy atom. The molecule has 4 aromatic rings. The van der Waals surface area contributed by atoms with Gasteiger partial charge < -0.3 is 19.9 Å². The molecule has 1 aromatic heterocycles. The SMILES string of the molecule is CCOC(=O)CC(c1ccc2c(c1)CNCC2)c1ccc2c(nnn2CCCOCc2cc(C)c(C(=O)O)c(C)c2)c1C. The first-order valence-corrected chi connectivity index (χ1v) is 15.0. The molecular weight excluding hydrogens is 544 g/mol. The van der Waals surface area contributed by atoms with Gasteiger partial charge in [-0.15, -0.1) is 5.10 Å². The first-order chi connectivity index (χ1) is 20.8. The topological polar surface area (TPSA) is 116 Å². The molecule has 1 unspecified atom stereocenters. The number of hydrogen-bond donors (Lipinski definition) is 2. The number of carbonyl (C=O) groups is 2. The molecule has 9 nitrogen and oxygen atoms in total. The van der Waals surface area contributed by atoms with Crippen LogP contribution in [0.3, 0.4) is 0 Å². The number of aromatic nitrogens is 3. The average Bonchev–Trinajstić information content (AvgIpc) is 3.39. The van der Waals surface area contributed by atoms with Crippen LogP contribution in [0.2, 0.25) is 0 Å². The number of benzene rings is 3. The highest BCUT2D eigenvalue weighted by molar-refractivity contribution is 5.91. The molecule has 43 heavy (non-hydrogen) atoms. The molecule has 1 aliphatic heterocycles. The van der Waals surface area contributed by atoms with E-state index in [0.717, 1.165) is 70.3 Å². The molecule has 0 spiro atoms. The van der Waals surface area contributed by atoms with Crippen molar-refractivity contribution in [1.29, 1.82) is 0 Å². The van der Waals surface area contributed by atoms with E-state index >= 15 is 0 Å². The quantitative estimate of drug-likeness (QED) is 0.168. The van der Waals surface area contributed by atoms with Crippen molar-refractivity contribution in [3.63, 3.8) is 0 Å². The van der Waals surface area contributed by atoms with E-state index in [0.29, 0.717) is 31.9 Å². The van der Waals surface area contributed by atoms with E-state index in [1.54, 1.807) is 0 Å². The van der Waals surface area contributed by atoms with Crippen molar-refractivity contribution in [2.24, 2.45) is 0 Å². The summed E-state index contributed by atoms with van der Waals surface area (Å²) in [6, 6.07) is 14.5. The number of aromatic carboxylic acids is 1. The summed E-state index contributed by atoms with van der Waals surface area (Å²) < 4.78 is 13.2. The fourth-order valence-electron chi connectivity index (χ4n) is 6.22. The Morgan fingerprint density at radius 3 is 2.60 bits per heavy atom. The van der Waals surface area contributed by atoms with Gasteiger partial charge in [-0.25, -0.2) is 9.48 Å². The number of nitrogens with zero attached hydrogens (tertiary/aromatic N) is 3. The molecule has 2 heterocycles. The van der Waals surface area contributed by atoms with Crippen LogP contribution in [0.25, 0.3) is 11.0 Å². The molecule has 0 aliphatic carbocycles. The van der Waals surface area contributed by atoms with Crippen LogP contribution in [0.4, 0.5) is 0 Å². The van der Waals surface area contributed by atoms with Gasteiger partial charge in [0.2, 0.25) is 0 Å². The molecular formula is C34H40N4O5. The largest absolute Gasteiger partial charge is 0.478 e. The summed E-state index contributed by atoms with van der Waals surface area (Å²) in [7, 11) is 0. The minimum Gasteiger partial charge on any atom is -0.478 e. The number of rotatable bonds is 12. The Balaban J connectivity index is 1.29. The van der Waals surface area contributed by atoms with Crippen molar-refractivity contribution in [3.8, 4) is 0 Å². The Bertz CT molecular complexity index is 1620. The molecule has 2 N–H and O–H groups in total. The number of carboxylic acids is 1. The van der Waals surface area contributed by atoms with E-state index in [2.05, 4.69) is 46.8 Å². The minimum atomic E-state index is -0.907. The number of hydrogen-bond acceptors (Lipinski definition) is 7. The third-order valence-electron chi connectivity index (χ3n) is 8.29. The number of esters is 1. The van der Waals surface area contributed by atoms with E-state index < -0.39 is 5.97 Å². The molecule has 1 aliphatic rings. The van der Waals surface area contributed by atoms with E-state index in [1.807, 2.05) is 43.7 Å². The number of fused-ring (bicyclic) bond motifs is 2. The molecule has 0 fully saturated rings. The molecule has 3 aromatic carbocycles. The third-order valence-corrected chi connectivity index (χ3v) is 8.29. The maximum Gasteiger partial charge on any atom is 0.336 e. The molecule has 0 bridgehead atoms. The molecule has 1 atom stereocenters. The van der Waals surface area contributed by atoms with Crippen LogP contribution < -0.4 is 5.32 Å². The summed E-state index contributed by atoms with van der Waals surface area (Å²) in [5.41, 5.74) is 10.4. The van der Waals surface area contributed by atoms with Gasteiger partial charge in [-0.2, -0.15) is 0 Å². The maximum atomic E-state index is 12.7. The van der Waals surface area contributed by atoms with Crippen molar-refractivity contribution >= 4 is 23.0 Å². The number of carboxylic acid groups (broad SMARTS) is 1. The second-order valence-electron chi connectivity index (χ2n) is 11.3. The summed E-state index contributed by atoms with van der Waals surface area (Å²) in [5.74, 6) is -1.27. The maximum absolute atomic E-state index is 12.7. The first-order valence-electron chi connectivity index (χ1n) is 15.0. The van der Waals surface area contributed by atoms with E-state index in [1.165, 1.54) is 11.1 Å². The van der Waals surface area contributed by atoms with Gasteiger partial charge in [0.1, 0.15) is 5.52 Å². The van der Waals surface area contributed by atoms with Crippen LogP contribution in [-0.2, 0) is 40.4 Å². The number of carbonyl (C=O) groups excluding carboxylic acids is 1. The predicted molar refractivity (Wildman–Crippen MR) is 164 cm³/mol. The van der Waals surface area contributed by atoms with Crippen LogP contribution >= 0.6 is 0 Å². The lowest BCUT2D eigenvalue weighted by atomic mass is 9.83. The third kappa shape index (κ3) is 6.78. The second kappa shape index (κ2) is 13.5. The van der Waals surface area contributed by atoms with Crippen molar-refractivity contribution < 1.29 is 24.2 Å². The van der Waals surface area contributed by atoms with Crippen LogP contribution in [0.5, 0.6) is 0 Å². The summed E-state index contributed by atoms with van der Waals surface area (Å²) in [4.78, 5) is 24.1. The van der Waals surface area contributed by atoms with E-state index in [4.69, 9.17) is 9.47 Å². The lowest BCUT2D eigenvalue weighted by molar-refractivity contribution is -0.143. The van der Waals surface area contributed by atoms with Gasteiger partial charge >= 0.3 is 11.9 Å². The van der Waals surface area contributed by atoms with E-state index in [9.17, 15) is 14.7 Å².